The van der Waals surface area contributed by atoms with Gasteiger partial charge in [0.15, 0.2) is 0 Å². The van der Waals surface area contributed by atoms with Crippen LogP contribution >= 0.6 is 0 Å². The Hall–Kier alpha value is -1.22. The molecule has 0 bridgehead atoms. The number of morpholine rings is 2. The second kappa shape index (κ2) is 7.36. The second-order valence-electron chi connectivity index (χ2n) is 5.95. The van der Waals surface area contributed by atoms with Crippen molar-refractivity contribution in [3.05, 3.63) is 0 Å². The van der Waals surface area contributed by atoms with Gasteiger partial charge in [-0.2, -0.15) is 0 Å². The fraction of sp³-hybridized carbons (Fsp3) is 0.857. The van der Waals surface area contributed by atoms with Crippen LogP contribution in [0.3, 0.4) is 0 Å². The van der Waals surface area contributed by atoms with Crippen molar-refractivity contribution >= 4 is 11.8 Å². The summed E-state index contributed by atoms with van der Waals surface area (Å²) in [5, 5.41) is 5.72. The van der Waals surface area contributed by atoms with E-state index in [0.717, 1.165) is 26.2 Å². The molecule has 0 aliphatic carbocycles. The molecule has 22 heavy (non-hydrogen) atoms. The summed E-state index contributed by atoms with van der Waals surface area (Å²) in [6.07, 6.45) is 0. The van der Waals surface area contributed by atoms with Crippen molar-refractivity contribution in [3.8, 4) is 0 Å². The normalized spacial score (nSPS) is 31.6. The first-order chi connectivity index (χ1) is 10.7. The first kappa shape index (κ1) is 15.7. The molecule has 0 aromatic carbocycles. The van der Waals surface area contributed by atoms with E-state index in [1.54, 1.807) is 0 Å². The summed E-state index contributed by atoms with van der Waals surface area (Å²) in [5.41, 5.74) is 0. The third-order valence-corrected chi connectivity index (χ3v) is 4.35. The van der Waals surface area contributed by atoms with Gasteiger partial charge in [-0.25, -0.2) is 0 Å². The molecule has 3 aliphatic heterocycles. The van der Waals surface area contributed by atoms with Gasteiger partial charge in [-0.15, -0.1) is 0 Å². The molecule has 3 heterocycles. The molecule has 124 valence electrons. The highest BCUT2D eigenvalue weighted by atomic mass is 16.5. The van der Waals surface area contributed by atoms with Crippen LogP contribution in [0, 0.1) is 0 Å². The molecule has 0 aromatic heterocycles. The molecule has 3 fully saturated rings. The number of nitrogens with zero attached hydrogens (tertiary/aromatic N) is 2. The van der Waals surface area contributed by atoms with Gasteiger partial charge in [0.25, 0.3) is 0 Å². The molecule has 0 aromatic rings. The van der Waals surface area contributed by atoms with Crippen LogP contribution in [-0.4, -0.2) is 99.4 Å². The maximum atomic E-state index is 12.2. The fourth-order valence-electron chi connectivity index (χ4n) is 3.02. The Balaban J connectivity index is 1.49. The van der Waals surface area contributed by atoms with E-state index in [0.29, 0.717) is 39.5 Å². The lowest BCUT2D eigenvalue weighted by molar-refractivity contribution is -0.138. The summed E-state index contributed by atoms with van der Waals surface area (Å²) < 4.78 is 10.6. The Morgan fingerprint density at radius 2 is 1.14 bits per heavy atom. The van der Waals surface area contributed by atoms with E-state index < -0.39 is 12.1 Å². The summed E-state index contributed by atoms with van der Waals surface area (Å²) >= 11 is 0. The number of hydrogen-bond acceptors (Lipinski definition) is 6. The van der Waals surface area contributed by atoms with Gasteiger partial charge in [-0.3, -0.25) is 19.4 Å². The van der Waals surface area contributed by atoms with Crippen molar-refractivity contribution in [3.63, 3.8) is 0 Å². The number of hydrogen-bond donors (Lipinski definition) is 2. The molecule has 8 heteroatoms. The highest BCUT2D eigenvalue weighted by molar-refractivity contribution is 5.97. The number of rotatable bonds is 4. The van der Waals surface area contributed by atoms with E-state index in [-0.39, 0.29) is 11.8 Å². The Bertz CT molecular complexity index is 370. The maximum absolute atomic E-state index is 12.2. The molecule has 2 N–H and O–H groups in total. The highest BCUT2D eigenvalue weighted by Gasteiger charge is 2.35. The van der Waals surface area contributed by atoms with Crippen molar-refractivity contribution in [1.82, 2.24) is 20.4 Å². The first-order valence-corrected chi connectivity index (χ1v) is 7.93. The van der Waals surface area contributed by atoms with Crippen molar-refractivity contribution in [2.75, 3.05) is 65.7 Å². The molecule has 3 saturated heterocycles. The minimum Gasteiger partial charge on any atom is -0.379 e. The zero-order chi connectivity index (χ0) is 15.4. The molecule has 2 amide bonds. The molecule has 0 spiro atoms. The SMILES string of the molecule is O=C1NC(CN2CCOCC2)C(=O)NC1CN1CCOCC1. The van der Waals surface area contributed by atoms with Crippen molar-refractivity contribution in [2.24, 2.45) is 0 Å². The summed E-state index contributed by atoms with van der Waals surface area (Å²) in [6, 6.07) is -0.932. The van der Waals surface area contributed by atoms with E-state index in [1.165, 1.54) is 0 Å². The van der Waals surface area contributed by atoms with Gasteiger partial charge in [0.05, 0.1) is 26.4 Å². The van der Waals surface area contributed by atoms with E-state index in [4.69, 9.17) is 9.47 Å². The van der Waals surface area contributed by atoms with Crippen LogP contribution in [0.2, 0.25) is 0 Å². The number of carbonyl (C=O) groups excluding carboxylic acids is 2. The monoisotopic (exact) mass is 312 g/mol. The number of ether oxygens (including phenoxy) is 2. The van der Waals surface area contributed by atoms with Gasteiger partial charge in [0.1, 0.15) is 12.1 Å². The summed E-state index contributed by atoms with van der Waals surface area (Å²) in [4.78, 5) is 28.8. The fourth-order valence-corrected chi connectivity index (χ4v) is 3.02. The predicted molar refractivity (Wildman–Crippen MR) is 78.4 cm³/mol. The Kier molecular flexibility index (Phi) is 5.24. The minimum absolute atomic E-state index is 0.0932. The third-order valence-electron chi connectivity index (χ3n) is 4.35. The van der Waals surface area contributed by atoms with Crippen LogP contribution < -0.4 is 10.6 Å². The standard InChI is InChI=1S/C14H24N4O4/c19-13-11(9-17-1-5-21-6-2-17)15-14(20)12(16-13)10-18-3-7-22-8-4-18/h11-12H,1-10H2,(H,15,20)(H,16,19). The van der Waals surface area contributed by atoms with Gasteiger partial charge >= 0.3 is 0 Å². The van der Waals surface area contributed by atoms with E-state index in [9.17, 15) is 9.59 Å². The molecule has 2 unspecified atom stereocenters. The van der Waals surface area contributed by atoms with Gasteiger partial charge < -0.3 is 20.1 Å². The maximum Gasteiger partial charge on any atom is 0.244 e. The zero-order valence-electron chi connectivity index (χ0n) is 12.8. The van der Waals surface area contributed by atoms with E-state index in [2.05, 4.69) is 20.4 Å². The quantitative estimate of drug-likeness (QED) is 0.604. The topological polar surface area (TPSA) is 83.1 Å². The average molecular weight is 312 g/mol. The van der Waals surface area contributed by atoms with Crippen LogP contribution in [0.4, 0.5) is 0 Å². The molecule has 0 saturated carbocycles. The average Bonchev–Trinajstić information content (AvgIpc) is 2.54. The third kappa shape index (κ3) is 3.95. The molecular weight excluding hydrogens is 288 g/mol. The van der Waals surface area contributed by atoms with Gasteiger partial charge in [0, 0.05) is 39.3 Å². The van der Waals surface area contributed by atoms with Crippen LogP contribution in [0.15, 0.2) is 0 Å². The lowest BCUT2D eigenvalue weighted by Gasteiger charge is -2.36. The predicted octanol–water partition coefficient (Wildman–Crippen LogP) is -2.37. The van der Waals surface area contributed by atoms with Crippen molar-refractivity contribution < 1.29 is 19.1 Å². The summed E-state index contributed by atoms with van der Waals surface area (Å²) in [5.74, 6) is -0.186. The molecular formula is C14H24N4O4. The van der Waals surface area contributed by atoms with E-state index >= 15 is 0 Å². The Morgan fingerprint density at radius 3 is 1.50 bits per heavy atom. The Morgan fingerprint density at radius 1 is 0.773 bits per heavy atom. The van der Waals surface area contributed by atoms with Crippen LogP contribution in [0.5, 0.6) is 0 Å². The summed E-state index contributed by atoms with van der Waals surface area (Å²) in [7, 11) is 0. The van der Waals surface area contributed by atoms with Crippen molar-refractivity contribution in [2.45, 2.75) is 12.1 Å². The number of nitrogens with one attached hydrogen (secondary N) is 2. The number of carbonyl (C=O) groups is 2. The molecule has 3 rings (SSSR count). The van der Waals surface area contributed by atoms with Gasteiger partial charge in [-0.1, -0.05) is 0 Å². The zero-order valence-corrected chi connectivity index (χ0v) is 12.8. The van der Waals surface area contributed by atoms with E-state index in [1.807, 2.05) is 0 Å². The highest BCUT2D eigenvalue weighted by Crippen LogP contribution is 2.06. The Labute approximate surface area is 130 Å². The minimum atomic E-state index is -0.466. The number of piperazine rings is 1. The lowest BCUT2D eigenvalue weighted by atomic mass is 10.1. The van der Waals surface area contributed by atoms with Crippen molar-refractivity contribution in [1.29, 1.82) is 0 Å². The molecule has 8 nitrogen and oxygen atoms in total. The number of amides is 2. The summed E-state index contributed by atoms with van der Waals surface area (Å²) in [6.45, 7) is 7.03. The lowest BCUT2D eigenvalue weighted by Crippen LogP contribution is -2.67. The molecule has 0 radical (unpaired) electrons. The van der Waals surface area contributed by atoms with Crippen LogP contribution in [-0.2, 0) is 19.1 Å². The van der Waals surface area contributed by atoms with Gasteiger partial charge in [-0.05, 0) is 0 Å². The largest absolute Gasteiger partial charge is 0.379 e. The molecule has 3 aliphatic rings. The second-order valence-corrected chi connectivity index (χ2v) is 5.95. The van der Waals surface area contributed by atoms with Crippen LogP contribution in [0.1, 0.15) is 0 Å². The first-order valence-electron chi connectivity index (χ1n) is 7.93. The smallest absolute Gasteiger partial charge is 0.244 e. The molecule has 2 atom stereocenters. The van der Waals surface area contributed by atoms with Crippen LogP contribution in [0.25, 0.3) is 0 Å². The van der Waals surface area contributed by atoms with Gasteiger partial charge in [0.2, 0.25) is 11.8 Å².